The quantitative estimate of drug-likeness (QED) is 0.395. The van der Waals surface area contributed by atoms with Crippen molar-refractivity contribution < 1.29 is 0 Å². The van der Waals surface area contributed by atoms with E-state index in [9.17, 15) is 0 Å². The van der Waals surface area contributed by atoms with Gasteiger partial charge in [-0.15, -0.1) is 0 Å². The molecule has 4 aromatic heterocycles. The summed E-state index contributed by atoms with van der Waals surface area (Å²) in [4.78, 5) is 18.7. The van der Waals surface area contributed by atoms with E-state index in [1.165, 1.54) is 0 Å². The first-order valence-corrected chi connectivity index (χ1v) is 11.5. The topological polar surface area (TPSA) is 124 Å². The molecule has 0 atom stereocenters. The smallest absolute Gasteiger partial charge is 0.227 e. The van der Waals surface area contributed by atoms with Gasteiger partial charge in [0.2, 0.25) is 5.95 Å². The van der Waals surface area contributed by atoms with E-state index in [2.05, 4.69) is 44.1 Å². The summed E-state index contributed by atoms with van der Waals surface area (Å²) in [6.45, 7) is 4.82. The largest absolute Gasteiger partial charge is 0.364 e. The Hall–Kier alpha value is -3.53. The van der Waals surface area contributed by atoms with Crippen molar-refractivity contribution in [1.82, 2.24) is 34.3 Å². The third kappa shape index (κ3) is 4.65. The van der Waals surface area contributed by atoms with Crippen LogP contribution in [0.4, 0.5) is 11.8 Å². The molecule has 4 aromatic rings. The standard InChI is InChI=1S/C23H30N10/c1-15(2)32-14-27-20-21(26-13-16-4-9-19(25-12-16)33-11-3-10-28-33)30-23(31-22(20)32)29-18-7-5-17(24)6-8-18/h3-4,9-12,14-15,17-18H,5-8,13,24H2,1-2H3,(H2,26,29,30,31). The summed E-state index contributed by atoms with van der Waals surface area (Å²) in [5.74, 6) is 2.12. The van der Waals surface area contributed by atoms with Gasteiger partial charge in [0.05, 0.1) is 6.33 Å². The fourth-order valence-electron chi connectivity index (χ4n) is 4.18. The van der Waals surface area contributed by atoms with Gasteiger partial charge in [0.1, 0.15) is 0 Å². The number of hydrogen-bond acceptors (Lipinski definition) is 8. The molecule has 5 rings (SSSR count). The summed E-state index contributed by atoms with van der Waals surface area (Å²) in [7, 11) is 0. The highest BCUT2D eigenvalue weighted by atomic mass is 15.3. The van der Waals surface area contributed by atoms with E-state index in [0.717, 1.165) is 48.2 Å². The van der Waals surface area contributed by atoms with Gasteiger partial charge < -0.3 is 20.9 Å². The minimum atomic E-state index is 0.248. The number of nitrogens with one attached hydrogen (secondary N) is 2. The Bertz CT molecular complexity index is 1190. The van der Waals surface area contributed by atoms with E-state index >= 15 is 0 Å². The van der Waals surface area contributed by atoms with Crippen LogP contribution in [0.2, 0.25) is 0 Å². The van der Waals surface area contributed by atoms with Crippen LogP contribution >= 0.6 is 0 Å². The minimum absolute atomic E-state index is 0.248. The first-order chi connectivity index (χ1) is 16.1. The molecule has 0 bridgehead atoms. The highest BCUT2D eigenvalue weighted by molar-refractivity contribution is 5.84. The van der Waals surface area contributed by atoms with Crippen LogP contribution in [0.1, 0.15) is 51.1 Å². The Morgan fingerprint density at radius 2 is 1.97 bits per heavy atom. The number of imidazole rings is 1. The number of nitrogens with two attached hydrogens (primary N) is 1. The molecule has 0 unspecified atom stereocenters. The first kappa shape index (κ1) is 21.3. The zero-order valence-electron chi connectivity index (χ0n) is 19.0. The van der Waals surface area contributed by atoms with Gasteiger partial charge in [0, 0.05) is 43.3 Å². The van der Waals surface area contributed by atoms with E-state index < -0.39 is 0 Å². The maximum Gasteiger partial charge on any atom is 0.227 e. The summed E-state index contributed by atoms with van der Waals surface area (Å²) < 4.78 is 3.81. The van der Waals surface area contributed by atoms with Crippen molar-refractivity contribution in [3.8, 4) is 5.82 Å². The molecule has 0 aliphatic heterocycles. The van der Waals surface area contributed by atoms with Gasteiger partial charge in [-0.3, -0.25) is 0 Å². The number of hydrogen-bond donors (Lipinski definition) is 3. The highest BCUT2D eigenvalue weighted by Gasteiger charge is 2.21. The molecule has 1 aliphatic rings. The van der Waals surface area contributed by atoms with E-state index in [1.807, 2.05) is 36.9 Å². The van der Waals surface area contributed by atoms with Crippen LogP contribution < -0.4 is 16.4 Å². The molecular weight excluding hydrogens is 416 g/mol. The van der Waals surface area contributed by atoms with Crippen LogP contribution in [0.3, 0.4) is 0 Å². The summed E-state index contributed by atoms with van der Waals surface area (Å²) >= 11 is 0. The molecule has 10 heteroatoms. The molecule has 1 fully saturated rings. The predicted octanol–water partition coefficient (Wildman–Crippen LogP) is 3.28. The molecule has 10 nitrogen and oxygen atoms in total. The van der Waals surface area contributed by atoms with Gasteiger partial charge in [-0.05, 0) is 57.2 Å². The van der Waals surface area contributed by atoms with Crippen molar-refractivity contribution in [3.63, 3.8) is 0 Å². The summed E-state index contributed by atoms with van der Waals surface area (Å²) in [5, 5.41) is 11.2. The Morgan fingerprint density at radius 1 is 1.12 bits per heavy atom. The summed E-state index contributed by atoms with van der Waals surface area (Å²) in [6, 6.07) is 6.75. The van der Waals surface area contributed by atoms with Crippen molar-refractivity contribution in [2.24, 2.45) is 5.73 Å². The summed E-state index contributed by atoms with van der Waals surface area (Å²) in [5.41, 5.74) is 8.70. The Kier molecular flexibility index (Phi) is 5.91. The van der Waals surface area contributed by atoms with Crippen molar-refractivity contribution in [1.29, 1.82) is 0 Å². The van der Waals surface area contributed by atoms with Crippen LogP contribution in [0.5, 0.6) is 0 Å². The molecule has 0 spiro atoms. The molecule has 0 aromatic carbocycles. The monoisotopic (exact) mass is 446 g/mol. The van der Waals surface area contributed by atoms with Crippen molar-refractivity contribution in [2.45, 2.75) is 64.2 Å². The SMILES string of the molecule is CC(C)n1cnc2c(NCc3ccc(-n4cccn4)nc3)nc(NC3CCC(N)CC3)nc21. The third-order valence-corrected chi connectivity index (χ3v) is 6.09. The lowest BCUT2D eigenvalue weighted by molar-refractivity contribution is 0.410. The van der Waals surface area contributed by atoms with Crippen molar-refractivity contribution in [3.05, 3.63) is 48.7 Å². The predicted molar refractivity (Wildman–Crippen MR) is 128 cm³/mol. The maximum absolute atomic E-state index is 6.07. The Labute approximate surface area is 192 Å². The lowest BCUT2D eigenvalue weighted by atomic mass is 9.92. The van der Waals surface area contributed by atoms with Gasteiger partial charge in [0.25, 0.3) is 0 Å². The molecule has 0 saturated heterocycles. The van der Waals surface area contributed by atoms with E-state index in [4.69, 9.17) is 15.7 Å². The number of aromatic nitrogens is 7. The van der Waals surface area contributed by atoms with Crippen molar-refractivity contribution >= 4 is 22.9 Å². The number of anilines is 2. The fourth-order valence-corrected chi connectivity index (χ4v) is 4.18. The van der Waals surface area contributed by atoms with Gasteiger partial charge in [0.15, 0.2) is 22.8 Å². The second-order valence-electron chi connectivity index (χ2n) is 8.90. The Balaban J connectivity index is 1.37. The fraction of sp³-hybridized carbons (Fsp3) is 0.435. The normalized spacial score (nSPS) is 18.7. The van der Waals surface area contributed by atoms with Crippen LogP contribution in [-0.2, 0) is 6.54 Å². The molecule has 0 radical (unpaired) electrons. The van der Waals surface area contributed by atoms with Crippen LogP contribution in [-0.4, -0.2) is 46.4 Å². The average molecular weight is 447 g/mol. The maximum atomic E-state index is 6.07. The average Bonchev–Trinajstić information content (AvgIpc) is 3.50. The first-order valence-electron chi connectivity index (χ1n) is 11.5. The number of nitrogens with zero attached hydrogens (tertiary/aromatic N) is 7. The Morgan fingerprint density at radius 3 is 2.67 bits per heavy atom. The molecule has 33 heavy (non-hydrogen) atoms. The molecular formula is C23H30N10. The minimum Gasteiger partial charge on any atom is -0.364 e. The van der Waals surface area contributed by atoms with Gasteiger partial charge in [-0.2, -0.15) is 15.1 Å². The lowest BCUT2D eigenvalue weighted by Crippen LogP contribution is -2.33. The second-order valence-corrected chi connectivity index (χ2v) is 8.90. The van der Waals surface area contributed by atoms with Gasteiger partial charge in [-0.25, -0.2) is 14.6 Å². The number of pyridine rings is 1. The molecule has 4 heterocycles. The van der Waals surface area contributed by atoms with Gasteiger partial charge >= 0.3 is 0 Å². The van der Waals surface area contributed by atoms with Crippen LogP contribution in [0.15, 0.2) is 43.1 Å². The third-order valence-electron chi connectivity index (χ3n) is 6.09. The zero-order chi connectivity index (χ0) is 22.8. The zero-order valence-corrected chi connectivity index (χ0v) is 19.0. The van der Waals surface area contributed by atoms with Crippen LogP contribution in [0, 0.1) is 0 Å². The molecule has 4 N–H and O–H groups in total. The van der Waals surface area contributed by atoms with Gasteiger partial charge in [-0.1, -0.05) is 6.07 Å². The number of fused-ring (bicyclic) bond motifs is 1. The molecule has 1 saturated carbocycles. The van der Waals surface area contributed by atoms with E-state index in [-0.39, 0.29) is 6.04 Å². The molecule has 0 amide bonds. The number of rotatable bonds is 7. The van der Waals surface area contributed by atoms with Crippen molar-refractivity contribution in [2.75, 3.05) is 10.6 Å². The molecule has 1 aliphatic carbocycles. The van der Waals surface area contributed by atoms with E-state index in [0.29, 0.717) is 30.4 Å². The second kappa shape index (κ2) is 9.14. The lowest BCUT2D eigenvalue weighted by Gasteiger charge is -2.27. The molecule has 172 valence electrons. The van der Waals surface area contributed by atoms with Crippen LogP contribution in [0.25, 0.3) is 17.0 Å². The van der Waals surface area contributed by atoms with E-state index in [1.54, 1.807) is 10.9 Å². The highest BCUT2D eigenvalue weighted by Crippen LogP contribution is 2.26. The summed E-state index contributed by atoms with van der Waals surface area (Å²) in [6.07, 6.45) is 11.4.